The molecule has 6 nitrogen and oxygen atoms in total. The number of ether oxygens (including phenoxy) is 2. The Balaban J connectivity index is 1.03. The fraction of sp³-hybridized carbons (Fsp3) is 0.381. The zero-order chi connectivity index (χ0) is 36.8. The molecule has 2 aliphatic rings. The van der Waals surface area contributed by atoms with Crippen LogP contribution >= 0.6 is 0 Å². The molecule has 1 aliphatic heterocycles. The molecule has 0 spiro atoms. The molecule has 4 aromatic carbocycles. The van der Waals surface area contributed by atoms with Gasteiger partial charge in [0.2, 0.25) is 0 Å². The summed E-state index contributed by atoms with van der Waals surface area (Å²) in [5.41, 5.74) is 9.64. The van der Waals surface area contributed by atoms with Gasteiger partial charge in [-0.1, -0.05) is 48.5 Å². The van der Waals surface area contributed by atoms with E-state index in [-0.39, 0.29) is 61.2 Å². The Labute approximate surface area is 301 Å². The maximum Gasteiger partial charge on any atom is 0.306 e. The quantitative estimate of drug-likeness (QED) is 0.0991. The normalized spacial score (nSPS) is 20.0. The number of hydrogen-bond acceptors (Lipinski definition) is 6. The molecule has 3 N–H and O–H groups in total. The van der Waals surface area contributed by atoms with E-state index in [1.807, 2.05) is 6.92 Å². The molecule has 0 unspecified atom stereocenters. The molecule has 0 radical (unpaired) electrons. The number of carbonyl (C=O) groups is 2. The predicted octanol–water partition coefficient (Wildman–Crippen LogP) is 7.32. The second-order valence-corrected chi connectivity index (χ2v) is 14.0. The summed E-state index contributed by atoms with van der Waals surface area (Å²) in [5, 5.41) is 3.41. The fourth-order valence-corrected chi connectivity index (χ4v) is 7.24. The van der Waals surface area contributed by atoms with Crippen molar-refractivity contribution in [3.63, 3.8) is 0 Å². The van der Waals surface area contributed by atoms with Crippen molar-refractivity contribution < 1.29 is 36.6 Å². The van der Waals surface area contributed by atoms with Crippen LogP contribution in [0.4, 0.5) is 17.6 Å². The average molecular weight is 717 g/mol. The molecule has 0 bridgehead atoms. The van der Waals surface area contributed by atoms with Gasteiger partial charge in [-0.3, -0.25) is 9.59 Å². The molecule has 1 saturated carbocycles. The molecule has 274 valence electrons. The zero-order valence-corrected chi connectivity index (χ0v) is 29.1. The van der Waals surface area contributed by atoms with Crippen molar-refractivity contribution >= 4 is 11.8 Å². The van der Waals surface area contributed by atoms with E-state index in [9.17, 15) is 22.8 Å². The molecule has 0 amide bonds. The molecule has 5 atom stereocenters. The molecular formula is C42H44F4N2O4. The molecule has 1 heterocycles. The first-order valence-electron chi connectivity index (χ1n) is 17.9. The van der Waals surface area contributed by atoms with Gasteiger partial charge in [-0.25, -0.2) is 17.6 Å². The summed E-state index contributed by atoms with van der Waals surface area (Å²) in [7, 11) is 0. The molecular weight excluding hydrogens is 672 g/mol. The Morgan fingerprint density at radius 3 is 1.98 bits per heavy atom. The number of Topliss-reactive ketones (excluding diaryl/α,β-unsaturated/α-hetero) is 1. The number of carbonyl (C=O) groups excluding carboxylic acids is 2. The van der Waals surface area contributed by atoms with Crippen molar-refractivity contribution in [2.24, 2.45) is 11.7 Å². The third kappa shape index (κ3) is 9.53. The monoisotopic (exact) mass is 716 g/mol. The van der Waals surface area contributed by atoms with Crippen LogP contribution in [0.25, 0.3) is 0 Å². The highest BCUT2D eigenvalue weighted by Crippen LogP contribution is 2.44. The Morgan fingerprint density at radius 1 is 0.846 bits per heavy atom. The molecule has 1 saturated heterocycles. The highest BCUT2D eigenvalue weighted by atomic mass is 19.1. The van der Waals surface area contributed by atoms with Gasteiger partial charge in [0.25, 0.3) is 0 Å². The van der Waals surface area contributed by atoms with Crippen molar-refractivity contribution in [1.82, 2.24) is 5.32 Å². The second-order valence-electron chi connectivity index (χ2n) is 14.0. The minimum absolute atomic E-state index is 0.00538. The van der Waals surface area contributed by atoms with Gasteiger partial charge < -0.3 is 20.5 Å². The Bertz CT molecular complexity index is 1770. The van der Waals surface area contributed by atoms with E-state index in [1.54, 1.807) is 48.5 Å². The topological polar surface area (TPSA) is 90.7 Å². The maximum absolute atomic E-state index is 15.3. The Morgan fingerprint density at radius 2 is 1.42 bits per heavy atom. The first-order valence-corrected chi connectivity index (χ1v) is 17.9. The number of morpholine rings is 1. The van der Waals surface area contributed by atoms with Gasteiger partial charge in [0.15, 0.2) is 5.78 Å². The fourth-order valence-electron chi connectivity index (χ4n) is 7.24. The SMILES string of the molecule is C[C@@H]1O[C@H](CCc2c(F)cccc2CC(=O)[C@@H](N)C(c2ccc(F)cc2)c2ccc(F)cc2)CN[C@@H]1COC(=O)C[C@@H](c1ccc(F)cc1)C1CC1. The summed E-state index contributed by atoms with van der Waals surface area (Å²) >= 11 is 0. The van der Waals surface area contributed by atoms with E-state index in [0.717, 1.165) is 18.4 Å². The standard InChI is InChI=1S/C42H44F4N2O4/c1-25-38(24-51-40(50)22-36(26-5-6-26)27-7-13-31(43)14-8-27)48-23-34(52-25)19-20-35-30(3-2-4-37(35)46)21-39(49)42(47)41(28-9-15-32(44)16-10-28)29-11-17-33(45)18-12-29/h2-4,7-18,25-26,34,36,38,41-42,48H,5-6,19-24,47H2,1H3/t25-,34+,36+,38+,42+/m0/s1. The molecule has 6 rings (SSSR count). The second kappa shape index (κ2) is 17.0. The third-order valence-electron chi connectivity index (χ3n) is 10.4. The van der Waals surface area contributed by atoms with Crippen LogP contribution in [-0.2, 0) is 31.9 Å². The number of ketones is 1. The Hall–Kier alpha value is -4.38. The number of benzene rings is 4. The van der Waals surface area contributed by atoms with Gasteiger partial charge in [-0.15, -0.1) is 0 Å². The lowest BCUT2D eigenvalue weighted by molar-refractivity contribution is -0.148. The number of halogens is 4. The van der Waals surface area contributed by atoms with Gasteiger partial charge >= 0.3 is 5.97 Å². The van der Waals surface area contributed by atoms with Crippen molar-refractivity contribution in [2.75, 3.05) is 13.2 Å². The lowest BCUT2D eigenvalue weighted by Crippen LogP contribution is -2.53. The van der Waals surface area contributed by atoms with Gasteiger partial charge in [0.1, 0.15) is 29.9 Å². The van der Waals surface area contributed by atoms with E-state index in [1.165, 1.54) is 42.5 Å². The summed E-state index contributed by atoms with van der Waals surface area (Å²) in [6.07, 6.45) is 2.46. The minimum atomic E-state index is -1.06. The van der Waals surface area contributed by atoms with Crippen LogP contribution in [0.2, 0.25) is 0 Å². The number of esters is 1. The van der Waals surface area contributed by atoms with Crippen LogP contribution in [0.3, 0.4) is 0 Å². The first kappa shape index (κ1) is 37.4. The summed E-state index contributed by atoms with van der Waals surface area (Å²) in [6.45, 7) is 2.51. The molecule has 4 aromatic rings. The zero-order valence-electron chi connectivity index (χ0n) is 29.1. The van der Waals surface area contributed by atoms with Crippen LogP contribution in [-0.4, -0.2) is 49.2 Å². The summed E-state index contributed by atoms with van der Waals surface area (Å²) in [4.78, 5) is 26.5. The number of hydrogen-bond donors (Lipinski definition) is 2. The van der Waals surface area contributed by atoms with Crippen molar-refractivity contribution in [3.05, 3.63) is 142 Å². The van der Waals surface area contributed by atoms with E-state index < -0.39 is 29.4 Å². The van der Waals surface area contributed by atoms with Crippen LogP contribution in [0.15, 0.2) is 91.0 Å². The predicted molar refractivity (Wildman–Crippen MR) is 190 cm³/mol. The van der Waals surface area contributed by atoms with Crippen LogP contribution in [0.5, 0.6) is 0 Å². The molecule has 1 aliphatic carbocycles. The van der Waals surface area contributed by atoms with E-state index in [4.69, 9.17) is 15.2 Å². The smallest absolute Gasteiger partial charge is 0.306 e. The maximum atomic E-state index is 15.3. The van der Waals surface area contributed by atoms with Gasteiger partial charge in [0, 0.05) is 18.9 Å². The number of rotatable bonds is 15. The lowest BCUT2D eigenvalue weighted by atomic mass is 9.82. The van der Waals surface area contributed by atoms with Crippen molar-refractivity contribution in [3.8, 4) is 0 Å². The number of nitrogens with one attached hydrogen (secondary N) is 1. The summed E-state index contributed by atoms with van der Waals surface area (Å²) in [6, 6.07) is 21.0. The average Bonchev–Trinajstić information content (AvgIpc) is 3.98. The van der Waals surface area contributed by atoms with Gasteiger partial charge in [-0.2, -0.15) is 0 Å². The first-order chi connectivity index (χ1) is 25.0. The van der Waals surface area contributed by atoms with Crippen LogP contribution in [0.1, 0.15) is 72.3 Å². The molecule has 2 fully saturated rings. The van der Waals surface area contributed by atoms with Crippen LogP contribution < -0.4 is 11.1 Å². The lowest BCUT2D eigenvalue weighted by Gasteiger charge is -2.35. The highest BCUT2D eigenvalue weighted by Gasteiger charge is 2.35. The van der Waals surface area contributed by atoms with E-state index in [2.05, 4.69) is 5.32 Å². The molecule has 0 aromatic heterocycles. The molecule has 10 heteroatoms. The largest absolute Gasteiger partial charge is 0.464 e. The van der Waals surface area contributed by atoms with Crippen molar-refractivity contribution in [1.29, 1.82) is 0 Å². The summed E-state index contributed by atoms with van der Waals surface area (Å²) in [5.74, 6) is -2.52. The van der Waals surface area contributed by atoms with E-state index >= 15 is 4.39 Å². The highest BCUT2D eigenvalue weighted by molar-refractivity contribution is 5.87. The molecule has 52 heavy (non-hydrogen) atoms. The third-order valence-corrected chi connectivity index (χ3v) is 10.4. The van der Waals surface area contributed by atoms with Crippen LogP contribution in [0, 0.1) is 29.2 Å². The van der Waals surface area contributed by atoms with Gasteiger partial charge in [-0.05, 0) is 115 Å². The van der Waals surface area contributed by atoms with Crippen molar-refractivity contribution in [2.45, 2.75) is 81.6 Å². The van der Waals surface area contributed by atoms with E-state index in [0.29, 0.717) is 47.6 Å². The Kier molecular flexibility index (Phi) is 12.2. The van der Waals surface area contributed by atoms with Gasteiger partial charge in [0.05, 0.1) is 30.7 Å². The number of nitrogens with two attached hydrogens (primary N) is 1. The minimum Gasteiger partial charge on any atom is -0.464 e. The summed E-state index contributed by atoms with van der Waals surface area (Å²) < 4.78 is 68.1.